The van der Waals surface area contributed by atoms with Gasteiger partial charge in [0.15, 0.2) is 0 Å². The van der Waals surface area contributed by atoms with Gasteiger partial charge in [-0.1, -0.05) is 54.0 Å². The molecule has 0 bridgehead atoms. The number of ether oxygens (including phenoxy) is 1. The van der Waals surface area contributed by atoms with Gasteiger partial charge in [0.1, 0.15) is 5.75 Å². The molecule has 1 N–H and O–H groups in total. The highest BCUT2D eigenvalue weighted by Crippen LogP contribution is 2.23. The van der Waals surface area contributed by atoms with E-state index >= 15 is 0 Å². The molecule has 0 spiro atoms. The van der Waals surface area contributed by atoms with Crippen LogP contribution in [0, 0.1) is 11.8 Å². The van der Waals surface area contributed by atoms with Crippen LogP contribution in [0.5, 0.6) is 5.75 Å². The van der Waals surface area contributed by atoms with Crippen molar-refractivity contribution in [3.63, 3.8) is 0 Å². The van der Waals surface area contributed by atoms with Crippen LogP contribution in [0.2, 0.25) is 0 Å². The molecule has 0 radical (unpaired) electrons. The Morgan fingerprint density at radius 2 is 2.00 bits per heavy atom. The molecule has 0 fully saturated rings. The first-order valence-corrected chi connectivity index (χ1v) is 9.09. The Hall–Kier alpha value is -1.22. The van der Waals surface area contributed by atoms with Gasteiger partial charge in [-0.3, -0.25) is 4.79 Å². The van der Waals surface area contributed by atoms with Crippen LogP contribution in [0.25, 0.3) is 0 Å². The molecule has 1 rings (SSSR count). The maximum absolute atomic E-state index is 10.9. The fraction of sp³-hybridized carbons (Fsp3) is 0.500. The first-order chi connectivity index (χ1) is 10.6. The van der Waals surface area contributed by atoms with E-state index in [0.717, 1.165) is 35.0 Å². The van der Waals surface area contributed by atoms with Gasteiger partial charge in [0, 0.05) is 4.43 Å². The second-order valence-electron chi connectivity index (χ2n) is 5.12. The van der Waals surface area contributed by atoms with Crippen molar-refractivity contribution in [1.82, 2.24) is 0 Å². The van der Waals surface area contributed by atoms with Crippen LogP contribution < -0.4 is 4.74 Å². The summed E-state index contributed by atoms with van der Waals surface area (Å²) in [7, 11) is 0. The number of rotatable bonds is 9. The van der Waals surface area contributed by atoms with E-state index < -0.39 is 5.97 Å². The lowest BCUT2D eigenvalue weighted by atomic mass is 9.96. The molecule has 0 aliphatic heterocycles. The molecule has 22 heavy (non-hydrogen) atoms. The summed E-state index contributed by atoms with van der Waals surface area (Å²) >= 11 is 2.37. The number of hydrogen-bond acceptors (Lipinski definition) is 2. The molecular weight excluding hydrogens is 391 g/mol. The third kappa shape index (κ3) is 6.69. The van der Waals surface area contributed by atoms with E-state index in [9.17, 15) is 4.79 Å². The van der Waals surface area contributed by atoms with Gasteiger partial charge < -0.3 is 9.84 Å². The highest BCUT2D eigenvalue weighted by Gasteiger charge is 2.14. The summed E-state index contributed by atoms with van der Waals surface area (Å²) in [6, 6.07) is 7.66. The Labute approximate surface area is 146 Å². The average molecular weight is 414 g/mol. The maximum atomic E-state index is 10.9. The summed E-state index contributed by atoms with van der Waals surface area (Å²) < 4.78 is 7.09. The Morgan fingerprint density at radius 1 is 1.32 bits per heavy atom. The van der Waals surface area contributed by atoms with Crippen molar-refractivity contribution in [2.45, 2.75) is 51.6 Å². The van der Waals surface area contributed by atoms with Crippen molar-refractivity contribution in [3.8, 4) is 17.6 Å². The van der Waals surface area contributed by atoms with Gasteiger partial charge in [-0.15, -0.1) is 5.92 Å². The fourth-order valence-electron chi connectivity index (χ4n) is 2.28. The third-order valence-electron chi connectivity index (χ3n) is 3.32. The van der Waals surface area contributed by atoms with Crippen molar-refractivity contribution < 1.29 is 14.6 Å². The largest absolute Gasteiger partial charge is 0.490 e. The van der Waals surface area contributed by atoms with Gasteiger partial charge >= 0.3 is 5.97 Å². The molecule has 3 nitrogen and oxygen atoms in total. The lowest BCUT2D eigenvalue weighted by Crippen LogP contribution is -2.16. The molecule has 120 valence electrons. The molecule has 2 unspecified atom stereocenters. The molecule has 1 aromatic carbocycles. The van der Waals surface area contributed by atoms with Crippen molar-refractivity contribution in [2.75, 3.05) is 4.43 Å². The molecular formula is C18H23IO3. The summed E-state index contributed by atoms with van der Waals surface area (Å²) in [4.78, 5) is 10.9. The van der Waals surface area contributed by atoms with E-state index in [1.807, 2.05) is 24.3 Å². The Morgan fingerprint density at radius 3 is 2.50 bits per heavy atom. The minimum Gasteiger partial charge on any atom is -0.490 e. The van der Waals surface area contributed by atoms with Crippen molar-refractivity contribution >= 4 is 28.6 Å². The number of halogens is 1. The number of carboxylic acid groups (broad SMARTS) is 1. The number of alkyl halides is 1. The SMILES string of the molecule is CC#CC(CC(=O)O)c1ccc(OC(CCC)CCI)cc1. The smallest absolute Gasteiger partial charge is 0.304 e. The number of carbonyl (C=O) groups is 1. The second-order valence-corrected chi connectivity index (χ2v) is 6.20. The van der Waals surface area contributed by atoms with Crippen LogP contribution in [0.15, 0.2) is 24.3 Å². The number of carboxylic acids is 1. The predicted molar refractivity (Wildman–Crippen MR) is 97.7 cm³/mol. The Kier molecular flexibility index (Phi) is 8.98. The lowest BCUT2D eigenvalue weighted by Gasteiger charge is -2.18. The van der Waals surface area contributed by atoms with E-state index in [1.165, 1.54) is 0 Å². The zero-order valence-electron chi connectivity index (χ0n) is 13.1. The first-order valence-electron chi connectivity index (χ1n) is 7.57. The summed E-state index contributed by atoms with van der Waals surface area (Å²) in [5, 5.41) is 8.97. The lowest BCUT2D eigenvalue weighted by molar-refractivity contribution is -0.137. The van der Waals surface area contributed by atoms with E-state index in [1.54, 1.807) is 6.92 Å². The monoisotopic (exact) mass is 414 g/mol. The van der Waals surface area contributed by atoms with Crippen LogP contribution in [-0.2, 0) is 4.79 Å². The maximum Gasteiger partial charge on any atom is 0.304 e. The van der Waals surface area contributed by atoms with Gasteiger partial charge in [0.25, 0.3) is 0 Å². The summed E-state index contributed by atoms with van der Waals surface area (Å²) in [5.41, 5.74) is 0.921. The van der Waals surface area contributed by atoms with Gasteiger partial charge in [-0.25, -0.2) is 0 Å². The van der Waals surface area contributed by atoms with Crippen molar-refractivity contribution in [1.29, 1.82) is 0 Å². The minimum absolute atomic E-state index is 0.0222. The van der Waals surface area contributed by atoms with E-state index in [0.29, 0.717) is 0 Å². The van der Waals surface area contributed by atoms with Crippen molar-refractivity contribution in [2.24, 2.45) is 0 Å². The predicted octanol–water partition coefficient (Wildman–Crippen LogP) is 4.64. The Balaban J connectivity index is 2.78. The van der Waals surface area contributed by atoms with Crippen LogP contribution in [0.1, 0.15) is 51.0 Å². The molecule has 0 aromatic heterocycles. The standard InChI is InChI=1S/C18H23IO3/c1-3-5-15(13-18(20)21)14-7-9-17(10-8-14)22-16(6-4-2)11-12-19/h7-10,15-16H,4,6,11-13H2,1-2H3,(H,20,21). The summed E-state index contributed by atoms with van der Waals surface area (Å²) in [6.07, 6.45) is 3.46. The zero-order valence-corrected chi connectivity index (χ0v) is 15.3. The molecule has 0 saturated heterocycles. The molecule has 0 saturated carbocycles. The molecule has 0 aliphatic carbocycles. The van der Waals surface area contributed by atoms with Crippen LogP contribution in [0.3, 0.4) is 0 Å². The van der Waals surface area contributed by atoms with Crippen LogP contribution >= 0.6 is 22.6 Å². The first kappa shape index (κ1) is 18.8. The van der Waals surface area contributed by atoms with Gasteiger partial charge in [0.05, 0.1) is 18.4 Å². The number of aliphatic carboxylic acids is 1. The van der Waals surface area contributed by atoms with Crippen LogP contribution in [0.4, 0.5) is 0 Å². The van der Waals surface area contributed by atoms with E-state index in [4.69, 9.17) is 9.84 Å². The third-order valence-corrected chi connectivity index (χ3v) is 3.95. The molecule has 1 aromatic rings. The van der Waals surface area contributed by atoms with Crippen LogP contribution in [-0.4, -0.2) is 21.6 Å². The molecule has 2 atom stereocenters. The Bertz CT molecular complexity index is 507. The van der Waals surface area contributed by atoms with E-state index in [2.05, 4.69) is 41.4 Å². The molecule has 0 amide bonds. The van der Waals surface area contributed by atoms with E-state index in [-0.39, 0.29) is 18.4 Å². The van der Waals surface area contributed by atoms with Gasteiger partial charge in [-0.05, 0) is 37.5 Å². The molecule has 0 aliphatic rings. The van der Waals surface area contributed by atoms with Gasteiger partial charge in [-0.2, -0.15) is 0 Å². The molecule has 0 heterocycles. The molecule has 4 heteroatoms. The highest BCUT2D eigenvalue weighted by atomic mass is 127. The highest BCUT2D eigenvalue weighted by molar-refractivity contribution is 14.1. The summed E-state index contributed by atoms with van der Waals surface area (Å²) in [5.74, 6) is 5.50. The summed E-state index contributed by atoms with van der Waals surface area (Å²) in [6.45, 7) is 3.89. The number of hydrogen-bond donors (Lipinski definition) is 1. The average Bonchev–Trinajstić information content (AvgIpc) is 2.48. The number of benzene rings is 1. The normalized spacial score (nSPS) is 12.9. The zero-order chi connectivity index (χ0) is 16.4. The minimum atomic E-state index is -0.835. The quantitative estimate of drug-likeness (QED) is 0.364. The second kappa shape index (κ2) is 10.5. The topological polar surface area (TPSA) is 46.5 Å². The van der Waals surface area contributed by atoms with Crippen molar-refractivity contribution in [3.05, 3.63) is 29.8 Å². The fourth-order valence-corrected chi connectivity index (χ4v) is 2.97. The van der Waals surface area contributed by atoms with Gasteiger partial charge in [0.2, 0.25) is 0 Å².